The third-order valence-corrected chi connectivity index (χ3v) is 7.09. The standard InChI is InChI=1S/C19H27N3O6S/c1-20(2)29(25,26)17-13-14(6-7-15(17)27-3)18(23)21-8-10-22(11-9-21)19(24)16-5-4-12-28-16/h6-7,13,16H,4-5,8-12H2,1-3H3. The second-order valence-electron chi connectivity index (χ2n) is 7.27. The van der Waals surface area contributed by atoms with Crippen LogP contribution in [0, 0.1) is 0 Å². The van der Waals surface area contributed by atoms with Gasteiger partial charge in [0, 0.05) is 52.4 Å². The number of carbonyl (C=O) groups is 2. The van der Waals surface area contributed by atoms with Gasteiger partial charge in [-0.25, -0.2) is 12.7 Å². The van der Waals surface area contributed by atoms with E-state index in [1.54, 1.807) is 15.9 Å². The molecule has 1 aromatic rings. The van der Waals surface area contributed by atoms with E-state index in [2.05, 4.69) is 0 Å². The van der Waals surface area contributed by atoms with Crippen molar-refractivity contribution < 1.29 is 27.5 Å². The van der Waals surface area contributed by atoms with E-state index in [-0.39, 0.29) is 34.1 Å². The van der Waals surface area contributed by atoms with Gasteiger partial charge in [0.2, 0.25) is 10.0 Å². The number of piperazine rings is 1. The molecule has 2 saturated heterocycles. The van der Waals surface area contributed by atoms with E-state index in [9.17, 15) is 18.0 Å². The van der Waals surface area contributed by atoms with E-state index in [1.807, 2.05) is 0 Å². The zero-order valence-electron chi connectivity index (χ0n) is 17.0. The van der Waals surface area contributed by atoms with Gasteiger partial charge in [-0.2, -0.15) is 0 Å². The normalized spacial score (nSPS) is 20.2. The summed E-state index contributed by atoms with van der Waals surface area (Å²) in [4.78, 5) is 28.7. The monoisotopic (exact) mass is 425 g/mol. The summed E-state index contributed by atoms with van der Waals surface area (Å²) in [5.41, 5.74) is 0.269. The predicted molar refractivity (Wildman–Crippen MR) is 105 cm³/mol. The van der Waals surface area contributed by atoms with Crippen molar-refractivity contribution in [1.82, 2.24) is 14.1 Å². The molecule has 10 heteroatoms. The van der Waals surface area contributed by atoms with Crippen LogP contribution in [-0.4, -0.2) is 94.4 Å². The van der Waals surface area contributed by atoms with Crippen molar-refractivity contribution in [3.8, 4) is 5.75 Å². The van der Waals surface area contributed by atoms with Crippen molar-refractivity contribution in [3.05, 3.63) is 23.8 Å². The first-order valence-electron chi connectivity index (χ1n) is 9.56. The van der Waals surface area contributed by atoms with Gasteiger partial charge < -0.3 is 19.3 Å². The molecule has 0 aromatic heterocycles. The van der Waals surface area contributed by atoms with Crippen LogP contribution in [0.4, 0.5) is 0 Å². The molecule has 2 amide bonds. The molecule has 2 fully saturated rings. The average molecular weight is 426 g/mol. The highest BCUT2D eigenvalue weighted by atomic mass is 32.2. The average Bonchev–Trinajstić information content (AvgIpc) is 3.27. The summed E-state index contributed by atoms with van der Waals surface area (Å²) in [6.07, 6.45) is 1.27. The first-order valence-corrected chi connectivity index (χ1v) is 11.0. The number of sulfonamides is 1. The number of methoxy groups -OCH3 is 1. The summed E-state index contributed by atoms with van der Waals surface area (Å²) >= 11 is 0. The van der Waals surface area contributed by atoms with Crippen LogP contribution in [0.2, 0.25) is 0 Å². The van der Waals surface area contributed by atoms with Crippen molar-refractivity contribution in [1.29, 1.82) is 0 Å². The van der Waals surface area contributed by atoms with E-state index < -0.39 is 10.0 Å². The Hall–Kier alpha value is -2.17. The van der Waals surface area contributed by atoms with E-state index in [0.717, 1.165) is 17.1 Å². The summed E-state index contributed by atoms with van der Waals surface area (Å²) in [6.45, 7) is 2.26. The van der Waals surface area contributed by atoms with Gasteiger partial charge in [0.25, 0.3) is 11.8 Å². The lowest BCUT2D eigenvalue weighted by molar-refractivity contribution is -0.142. The third kappa shape index (κ3) is 4.39. The minimum Gasteiger partial charge on any atom is -0.495 e. The molecule has 2 aliphatic heterocycles. The van der Waals surface area contributed by atoms with Gasteiger partial charge >= 0.3 is 0 Å². The predicted octanol–water partition coefficient (Wildman–Crippen LogP) is 0.409. The fourth-order valence-corrected chi connectivity index (χ4v) is 4.57. The van der Waals surface area contributed by atoms with Crippen molar-refractivity contribution in [3.63, 3.8) is 0 Å². The number of hydrogen-bond donors (Lipinski definition) is 0. The molecule has 0 N–H and O–H groups in total. The van der Waals surface area contributed by atoms with Crippen LogP contribution in [0.15, 0.2) is 23.1 Å². The number of nitrogens with zero attached hydrogens (tertiary/aromatic N) is 3. The summed E-state index contributed by atoms with van der Waals surface area (Å²) in [7, 11) is 0.468. The van der Waals surface area contributed by atoms with Gasteiger partial charge in [-0.1, -0.05) is 0 Å². The van der Waals surface area contributed by atoms with Crippen LogP contribution in [-0.2, 0) is 19.6 Å². The van der Waals surface area contributed by atoms with E-state index in [0.29, 0.717) is 32.8 Å². The number of ether oxygens (including phenoxy) is 2. The number of rotatable bonds is 5. The molecular formula is C19H27N3O6S. The minimum atomic E-state index is -3.77. The molecule has 1 aromatic carbocycles. The molecule has 0 saturated carbocycles. The zero-order chi connectivity index (χ0) is 21.2. The molecule has 0 radical (unpaired) electrons. The second-order valence-corrected chi connectivity index (χ2v) is 9.39. The molecule has 0 bridgehead atoms. The molecule has 160 valence electrons. The highest BCUT2D eigenvalue weighted by molar-refractivity contribution is 7.89. The SMILES string of the molecule is COc1ccc(C(=O)N2CCN(C(=O)C3CCCO3)CC2)cc1S(=O)(=O)N(C)C. The first-order chi connectivity index (χ1) is 13.8. The molecular weight excluding hydrogens is 398 g/mol. The Morgan fingerprint density at radius 3 is 2.34 bits per heavy atom. The van der Waals surface area contributed by atoms with E-state index in [1.165, 1.54) is 33.3 Å². The highest BCUT2D eigenvalue weighted by Gasteiger charge is 2.32. The van der Waals surface area contributed by atoms with Crippen LogP contribution in [0.5, 0.6) is 5.75 Å². The molecule has 2 aliphatic rings. The number of amides is 2. The van der Waals surface area contributed by atoms with Crippen LogP contribution < -0.4 is 4.74 Å². The number of hydrogen-bond acceptors (Lipinski definition) is 6. The Morgan fingerprint density at radius 1 is 1.14 bits per heavy atom. The Morgan fingerprint density at radius 2 is 1.79 bits per heavy atom. The molecule has 1 atom stereocenters. The molecule has 29 heavy (non-hydrogen) atoms. The summed E-state index contributed by atoms with van der Waals surface area (Å²) < 4.78 is 36.8. The topological polar surface area (TPSA) is 96.5 Å². The van der Waals surface area contributed by atoms with Gasteiger partial charge in [-0.05, 0) is 31.0 Å². The van der Waals surface area contributed by atoms with Crippen LogP contribution in [0.1, 0.15) is 23.2 Å². The lowest BCUT2D eigenvalue weighted by Gasteiger charge is -2.35. The molecule has 9 nitrogen and oxygen atoms in total. The quantitative estimate of drug-likeness (QED) is 0.678. The maximum Gasteiger partial charge on any atom is 0.254 e. The first kappa shape index (κ1) is 21.5. The van der Waals surface area contributed by atoms with Gasteiger partial charge in [0.1, 0.15) is 16.7 Å². The maximum atomic E-state index is 12.9. The summed E-state index contributed by atoms with van der Waals surface area (Å²) in [5, 5.41) is 0. The Kier molecular flexibility index (Phi) is 6.45. The minimum absolute atomic E-state index is 0.0154. The molecule has 0 aliphatic carbocycles. The van der Waals surface area contributed by atoms with Crippen molar-refractivity contribution in [2.24, 2.45) is 0 Å². The Labute approximate surface area is 171 Å². The molecule has 0 spiro atoms. The number of carbonyl (C=O) groups excluding carboxylic acids is 2. The van der Waals surface area contributed by atoms with E-state index >= 15 is 0 Å². The Bertz CT molecular complexity index is 872. The third-order valence-electron chi connectivity index (χ3n) is 5.25. The summed E-state index contributed by atoms with van der Waals surface area (Å²) in [5.74, 6) is -0.104. The second kappa shape index (κ2) is 8.68. The van der Waals surface area contributed by atoms with Crippen LogP contribution in [0.25, 0.3) is 0 Å². The lowest BCUT2D eigenvalue weighted by Crippen LogP contribution is -2.52. The zero-order valence-corrected chi connectivity index (χ0v) is 17.8. The summed E-state index contributed by atoms with van der Waals surface area (Å²) in [6, 6.07) is 4.39. The molecule has 1 unspecified atom stereocenters. The van der Waals surface area contributed by atoms with Crippen molar-refractivity contribution in [2.45, 2.75) is 23.8 Å². The van der Waals surface area contributed by atoms with Gasteiger partial charge in [-0.3, -0.25) is 9.59 Å². The highest BCUT2D eigenvalue weighted by Crippen LogP contribution is 2.27. The van der Waals surface area contributed by atoms with Crippen molar-refractivity contribution >= 4 is 21.8 Å². The fraction of sp³-hybridized carbons (Fsp3) is 0.579. The van der Waals surface area contributed by atoms with Crippen molar-refractivity contribution in [2.75, 3.05) is 54.0 Å². The largest absolute Gasteiger partial charge is 0.495 e. The van der Waals surface area contributed by atoms with Gasteiger partial charge in [0.15, 0.2) is 0 Å². The van der Waals surface area contributed by atoms with Crippen LogP contribution in [0.3, 0.4) is 0 Å². The van der Waals surface area contributed by atoms with E-state index in [4.69, 9.17) is 9.47 Å². The Balaban J connectivity index is 1.72. The van der Waals surface area contributed by atoms with Crippen LogP contribution >= 0.6 is 0 Å². The lowest BCUT2D eigenvalue weighted by atomic mass is 10.1. The molecule has 3 rings (SSSR count). The fourth-order valence-electron chi connectivity index (χ4n) is 3.50. The maximum absolute atomic E-state index is 12.9. The number of benzene rings is 1. The smallest absolute Gasteiger partial charge is 0.254 e. The van der Waals surface area contributed by atoms with Gasteiger partial charge in [0.05, 0.1) is 7.11 Å². The van der Waals surface area contributed by atoms with Gasteiger partial charge in [-0.15, -0.1) is 0 Å². The molecule has 2 heterocycles.